The van der Waals surface area contributed by atoms with Crippen molar-refractivity contribution in [2.75, 3.05) is 6.61 Å². The van der Waals surface area contributed by atoms with Gasteiger partial charge < -0.3 is 4.74 Å². The van der Waals surface area contributed by atoms with Gasteiger partial charge in [-0.3, -0.25) is 14.5 Å². The molecule has 0 unspecified atom stereocenters. The maximum Gasteiger partial charge on any atom is 0.293 e. The third-order valence-electron chi connectivity index (χ3n) is 3.56. The molecule has 0 saturated carbocycles. The van der Waals surface area contributed by atoms with Crippen LogP contribution in [0.1, 0.15) is 11.1 Å². The highest BCUT2D eigenvalue weighted by molar-refractivity contribution is 8.18. The molecule has 124 valence electrons. The van der Waals surface area contributed by atoms with Crippen molar-refractivity contribution in [1.29, 1.82) is 0 Å². The van der Waals surface area contributed by atoms with Gasteiger partial charge in [-0.25, -0.2) is 0 Å². The number of amides is 2. The third kappa shape index (κ3) is 4.11. The SMILES string of the molecule is C#CCOc1ccc(C=C2SC(=O)N(Cc3ccccc3)C2=O)cc1. The number of carbonyl (C=O) groups is 2. The van der Waals surface area contributed by atoms with Gasteiger partial charge in [-0.2, -0.15) is 0 Å². The number of carbonyl (C=O) groups excluding carboxylic acids is 2. The molecule has 4 nitrogen and oxygen atoms in total. The van der Waals surface area contributed by atoms with Crippen LogP contribution >= 0.6 is 11.8 Å². The number of rotatable bonds is 5. The summed E-state index contributed by atoms with van der Waals surface area (Å²) >= 11 is 0.955. The number of benzene rings is 2. The van der Waals surface area contributed by atoms with E-state index in [-0.39, 0.29) is 24.3 Å². The number of terminal acetylenes is 1. The van der Waals surface area contributed by atoms with Crippen LogP contribution in [0.5, 0.6) is 5.75 Å². The van der Waals surface area contributed by atoms with Gasteiger partial charge in [0, 0.05) is 0 Å². The van der Waals surface area contributed by atoms with Gasteiger partial charge in [-0.05, 0) is 41.1 Å². The quantitative estimate of drug-likeness (QED) is 0.606. The Morgan fingerprint density at radius 2 is 1.80 bits per heavy atom. The molecule has 25 heavy (non-hydrogen) atoms. The van der Waals surface area contributed by atoms with Gasteiger partial charge >= 0.3 is 0 Å². The van der Waals surface area contributed by atoms with Gasteiger partial charge in [0.05, 0.1) is 11.4 Å². The van der Waals surface area contributed by atoms with Gasteiger partial charge in [-0.15, -0.1) is 6.42 Å². The number of hydrogen-bond acceptors (Lipinski definition) is 4. The highest BCUT2D eigenvalue weighted by Gasteiger charge is 2.34. The average Bonchev–Trinajstić information content (AvgIpc) is 2.89. The number of nitrogens with zero attached hydrogens (tertiary/aromatic N) is 1. The molecule has 1 heterocycles. The zero-order chi connectivity index (χ0) is 17.6. The summed E-state index contributed by atoms with van der Waals surface area (Å²) in [6.07, 6.45) is 6.86. The summed E-state index contributed by atoms with van der Waals surface area (Å²) in [6, 6.07) is 16.6. The van der Waals surface area contributed by atoms with Crippen LogP contribution in [0.3, 0.4) is 0 Å². The highest BCUT2D eigenvalue weighted by atomic mass is 32.2. The van der Waals surface area contributed by atoms with Crippen LogP contribution in [0.15, 0.2) is 59.5 Å². The standard InChI is InChI=1S/C20H15NO3S/c1-2-12-24-17-10-8-15(9-11-17)13-18-19(22)21(20(23)25-18)14-16-6-4-3-5-7-16/h1,3-11,13H,12,14H2. The van der Waals surface area contributed by atoms with E-state index in [0.29, 0.717) is 10.7 Å². The average molecular weight is 349 g/mol. The fraction of sp³-hybridized carbons (Fsp3) is 0.100. The lowest BCUT2D eigenvalue weighted by atomic mass is 10.2. The maximum atomic E-state index is 12.5. The van der Waals surface area contributed by atoms with Crippen LogP contribution in [0.4, 0.5) is 4.79 Å². The number of ether oxygens (including phenoxy) is 1. The molecule has 1 fully saturated rings. The van der Waals surface area contributed by atoms with Gasteiger partial charge in [0.1, 0.15) is 12.4 Å². The molecule has 2 amide bonds. The van der Waals surface area contributed by atoms with Gasteiger partial charge in [-0.1, -0.05) is 48.4 Å². The summed E-state index contributed by atoms with van der Waals surface area (Å²) in [7, 11) is 0. The Morgan fingerprint density at radius 1 is 1.08 bits per heavy atom. The number of imide groups is 1. The summed E-state index contributed by atoms with van der Waals surface area (Å²) in [6.45, 7) is 0.486. The van der Waals surface area contributed by atoms with E-state index in [1.54, 1.807) is 18.2 Å². The minimum atomic E-state index is -0.272. The predicted molar refractivity (Wildman–Crippen MR) is 98.7 cm³/mol. The molecule has 1 aliphatic heterocycles. The van der Waals surface area contributed by atoms with Crippen molar-refractivity contribution in [2.24, 2.45) is 0 Å². The van der Waals surface area contributed by atoms with E-state index in [0.717, 1.165) is 22.9 Å². The minimum absolute atomic E-state index is 0.206. The monoisotopic (exact) mass is 349 g/mol. The van der Waals surface area contributed by atoms with Crippen LogP contribution in [0, 0.1) is 12.3 Å². The molecule has 0 spiro atoms. The summed E-state index contributed by atoms with van der Waals surface area (Å²) in [5, 5.41) is -0.255. The Labute approximate surface area is 150 Å². The molecule has 1 saturated heterocycles. The van der Waals surface area contributed by atoms with Crippen molar-refractivity contribution in [3.8, 4) is 18.1 Å². The highest BCUT2D eigenvalue weighted by Crippen LogP contribution is 2.33. The van der Waals surface area contributed by atoms with Crippen LogP contribution in [0.25, 0.3) is 6.08 Å². The molecule has 1 aliphatic rings. The van der Waals surface area contributed by atoms with E-state index < -0.39 is 0 Å². The smallest absolute Gasteiger partial charge is 0.293 e. The molecule has 2 aromatic carbocycles. The van der Waals surface area contributed by atoms with Crippen molar-refractivity contribution in [1.82, 2.24) is 4.90 Å². The van der Waals surface area contributed by atoms with E-state index in [1.165, 1.54) is 4.90 Å². The summed E-state index contributed by atoms with van der Waals surface area (Å²) < 4.78 is 5.31. The Kier molecular flexibility index (Phi) is 5.22. The first-order valence-electron chi connectivity index (χ1n) is 7.63. The molecule has 0 aliphatic carbocycles. The van der Waals surface area contributed by atoms with Crippen LogP contribution in [0.2, 0.25) is 0 Å². The Morgan fingerprint density at radius 3 is 2.48 bits per heavy atom. The second-order valence-electron chi connectivity index (χ2n) is 5.32. The normalized spacial score (nSPS) is 15.5. The maximum absolute atomic E-state index is 12.5. The van der Waals surface area contributed by atoms with Crippen molar-refractivity contribution in [3.63, 3.8) is 0 Å². The van der Waals surface area contributed by atoms with Crippen LogP contribution in [-0.4, -0.2) is 22.7 Å². The zero-order valence-electron chi connectivity index (χ0n) is 13.3. The molecule has 2 aromatic rings. The third-order valence-corrected chi connectivity index (χ3v) is 4.46. The molecule has 5 heteroatoms. The fourth-order valence-electron chi connectivity index (χ4n) is 2.34. The van der Waals surface area contributed by atoms with Crippen molar-refractivity contribution < 1.29 is 14.3 Å². The first-order valence-corrected chi connectivity index (χ1v) is 8.44. The Bertz CT molecular complexity index is 851. The summed E-state index contributed by atoms with van der Waals surface area (Å²) in [4.78, 5) is 26.3. The molecule has 0 aromatic heterocycles. The summed E-state index contributed by atoms with van der Waals surface area (Å²) in [5.41, 5.74) is 1.74. The lowest BCUT2D eigenvalue weighted by molar-refractivity contribution is -0.123. The molecule has 0 N–H and O–H groups in total. The van der Waals surface area contributed by atoms with E-state index in [4.69, 9.17) is 11.2 Å². The molecular formula is C20H15NO3S. The topological polar surface area (TPSA) is 46.6 Å². The lowest BCUT2D eigenvalue weighted by Gasteiger charge is -2.12. The minimum Gasteiger partial charge on any atom is -0.481 e. The number of thioether (sulfide) groups is 1. The van der Waals surface area contributed by atoms with E-state index in [9.17, 15) is 9.59 Å². The van der Waals surface area contributed by atoms with Gasteiger partial charge in [0.15, 0.2) is 0 Å². The lowest BCUT2D eigenvalue weighted by Crippen LogP contribution is -2.27. The van der Waals surface area contributed by atoms with E-state index in [2.05, 4.69) is 5.92 Å². The zero-order valence-corrected chi connectivity index (χ0v) is 14.2. The van der Waals surface area contributed by atoms with Crippen molar-refractivity contribution in [3.05, 3.63) is 70.6 Å². The largest absolute Gasteiger partial charge is 0.481 e. The molecule has 0 bridgehead atoms. The Hall–Kier alpha value is -2.97. The molecule has 0 atom stereocenters. The first-order chi connectivity index (χ1) is 12.2. The van der Waals surface area contributed by atoms with E-state index >= 15 is 0 Å². The fourth-order valence-corrected chi connectivity index (χ4v) is 3.18. The second kappa shape index (κ2) is 7.73. The molecule has 3 rings (SSSR count). The van der Waals surface area contributed by atoms with E-state index in [1.807, 2.05) is 42.5 Å². The van der Waals surface area contributed by atoms with Crippen molar-refractivity contribution in [2.45, 2.75) is 6.54 Å². The number of hydrogen-bond donors (Lipinski definition) is 0. The Balaban J connectivity index is 1.73. The second-order valence-corrected chi connectivity index (χ2v) is 6.31. The van der Waals surface area contributed by atoms with Gasteiger partial charge in [0.25, 0.3) is 11.1 Å². The molecule has 0 radical (unpaired) electrons. The summed E-state index contributed by atoms with van der Waals surface area (Å²) in [5.74, 6) is 2.79. The van der Waals surface area contributed by atoms with Crippen molar-refractivity contribution >= 4 is 29.0 Å². The predicted octanol–water partition coefficient (Wildman–Crippen LogP) is 3.94. The van der Waals surface area contributed by atoms with Gasteiger partial charge in [0.2, 0.25) is 0 Å². The van der Waals surface area contributed by atoms with Crippen LogP contribution in [-0.2, 0) is 11.3 Å². The first kappa shape index (κ1) is 16.9. The van der Waals surface area contributed by atoms with Crippen LogP contribution < -0.4 is 4.74 Å². The molecular weight excluding hydrogens is 334 g/mol.